The minimum Gasteiger partial charge on any atom is -0.386 e. The van der Waals surface area contributed by atoms with Gasteiger partial charge in [0.1, 0.15) is 6.61 Å². The van der Waals surface area contributed by atoms with Gasteiger partial charge in [-0.3, -0.25) is 4.79 Å². The summed E-state index contributed by atoms with van der Waals surface area (Å²) in [6, 6.07) is 0. The highest BCUT2D eigenvalue weighted by molar-refractivity contribution is 5.78. The van der Waals surface area contributed by atoms with Crippen molar-refractivity contribution in [2.45, 2.75) is 51.7 Å². The average molecular weight is 229 g/mol. The molecule has 94 valence electrons. The zero-order chi connectivity index (χ0) is 12.4. The molecule has 4 nitrogen and oxygen atoms in total. The Morgan fingerprint density at radius 3 is 2.44 bits per heavy atom. The highest BCUT2D eigenvalue weighted by Crippen LogP contribution is 2.25. The minimum atomic E-state index is -0.647. The molecule has 1 rings (SSSR count). The molecule has 1 fully saturated rings. The molecule has 4 heteroatoms. The van der Waals surface area contributed by atoms with Crippen LogP contribution in [0.1, 0.15) is 40.5 Å². The third kappa shape index (κ3) is 3.76. The summed E-state index contributed by atoms with van der Waals surface area (Å²) < 4.78 is 5.40. The van der Waals surface area contributed by atoms with E-state index >= 15 is 0 Å². The van der Waals surface area contributed by atoms with E-state index in [2.05, 4.69) is 0 Å². The molecule has 1 amide bonds. The summed E-state index contributed by atoms with van der Waals surface area (Å²) in [4.78, 5) is 13.3. The van der Waals surface area contributed by atoms with Crippen LogP contribution in [0.15, 0.2) is 0 Å². The maximum absolute atomic E-state index is 11.7. The topological polar surface area (TPSA) is 49.8 Å². The van der Waals surface area contributed by atoms with Crippen LogP contribution in [0.5, 0.6) is 0 Å². The molecule has 1 saturated heterocycles. The Hall–Kier alpha value is -0.610. The van der Waals surface area contributed by atoms with Crippen molar-refractivity contribution in [1.29, 1.82) is 0 Å². The van der Waals surface area contributed by atoms with Gasteiger partial charge in [-0.1, -0.05) is 13.3 Å². The van der Waals surface area contributed by atoms with Crippen LogP contribution in [0, 0.1) is 0 Å². The first-order valence-corrected chi connectivity index (χ1v) is 5.90. The first-order valence-electron chi connectivity index (χ1n) is 5.90. The molecule has 16 heavy (non-hydrogen) atoms. The molecule has 0 saturated carbocycles. The number of carbonyl (C=O) groups excluding carboxylic acids is 1. The summed E-state index contributed by atoms with van der Waals surface area (Å²) in [5.41, 5.74) is -0.938. The lowest BCUT2D eigenvalue weighted by Gasteiger charge is -2.46. The second-order valence-corrected chi connectivity index (χ2v) is 5.63. The van der Waals surface area contributed by atoms with E-state index in [0.29, 0.717) is 13.1 Å². The summed E-state index contributed by atoms with van der Waals surface area (Å²) >= 11 is 0. The third-order valence-corrected chi connectivity index (χ3v) is 2.67. The van der Waals surface area contributed by atoms with E-state index in [4.69, 9.17) is 4.74 Å². The molecular formula is C12H23NO3. The molecule has 0 unspecified atom stereocenters. The van der Waals surface area contributed by atoms with E-state index in [1.165, 1.54) is 0 Å². The molecule has 1 heterocycles. The van der Waals surface area contributed by atoms with Gasteiger partial charge >= 0.3 is 0 Å². The molecule has 1 aliphatic heterocycles. The number of carbonyl (C=O) groups is 1. The fourth-order valence-electron chi connectivity index (χ4n) is 1.83. The standard InChI is InChI=1S/C12H23NO3/c1-5-6-12(15)8-13(9-12)10(14)7-16-11(2,3)4/h15H,5-9H2,1-4H3. The molecule has 0 radical (unpaired) electrons. The van der Waals surface area contributed by atoms with Crippen molar-refractivity contribution in [2.75, 3.05) is 19.7 Å². The van der Waals surface area contributed by atoms with Crippen LogP contribution in [0.4, 0.5) is 0 Å². The summed E-state index contributed by atoms with van der Waals surface area (Å²) in [5.74, 6) is -0.0318. The van der Waals surface area contributed by atoms with Gasteiger partial charge in [-0.2, -0.15) is 0 Å². The van der Waals surface area contributed by atoms with Crippen molar-refractivity contribution in [1.82, 2.24) is 4.90 Å². The maximum Gasteiger partial charge on any atom is 0.248 e. The van der Waals surface area contributed by atoms with Gasteiger partial charge in [-0.05, 0) is 27.2 Å². The SMILES string of the molecule is CCCC1(O)CN(C(=O)COC(C)(C)C)C1. The summed E-state index contributed by atoms with van der Waals surface area (Å²) in [7, 11) is 0. The van der Waals surface area contributed by atoms with E-state index in [0.717, 1.165) is 12.8 Å². The van der Waals surface area contributed by atoms with E-state index in [1.54, 1.807) is 4.90 Å². The molecule has 0 aliphatic carbocycles. The number of likely N-dealkylation sites (tertiary alicyclic amines) is 1. The Kier molecular flexibility index (Phi) is 3.97. The van der Waals surface area contributed by atoms with E-state index in [9.17, 15) is 9.90 Å². The molecule has 0 aromatic carbocycles. The zero-order valence-electron chi connectivity index (χ0n) is 10.7. The highest BCUT2D eigenvalue weighted by atomic mass is 16.5. The van der Waals surface area contributed by atoms with Crippen LogP contribution in [-0.2, 0) is 9.53 Å². The lowest BCUT2D eigenvalue weighted by atomic mass is 9.89. The third-order valence-electron chi connectivity index (χ3n) is 2.67. The van der Waals surface area contributed by atoms with E-state index < -0.39 is 5.60 Å². The first-order chi connectivity index (χ1) is 7.26. The second-order valence-electron chi connectivity index (χ2n) is 5.63. The van der Waals surface area contributed by atoms with Crippen LogP contribution in [0.25, 0.3) is 0 Å². The largest absolute Gasteiger partial charge is 0.386 e. The van der Waals surface area contributed by atoms with Crippen molar-refractivity contribution in [3.63, 3.8) is 0 Å². The molecule has 0 aromatic rings. The quantitative estimate of drug-likeness (QED) is 0.787. The average Bonchev–Trinajstić information content (AvgIpc) is 2.09. The van der Waals surface area contributed by atoms with Gasteiger partial charge < -0.3 is 14.7 Å². The Labute approximate surface area is 97.6 Å². The highest BCUT2D eigenvalue weighted by Gasteiger charge is 2.42. The van der Waals surface area contributed by atoms with Crippen LogP contribution >= 0.6 is 0 Å². The fraction of sp³-hybridized carbons (Fsp3) is 0.917. The summed E-state index contributed by atoms with van der Waals surface area (Å²) in [6.07, 6.45) is 1.70. The number of β-amino-alcohol motifs (C(OH)–C–C–N with tert-alkyl or cyclic N) is 1. The number of hydrogen-bond acceptors (Lipinski definition) is 3. The minimum absolute atomic E-state index is 0.0318. The summed E-state index contributed by atoms with van der Waals surface area (Å²) in [5, 5.41) is 9.92. The number of hydrogen-bond donors (Lipinski definition) is 1. The van der Waals surface area contributed by atoms with Gasteiger partial charge in [0.05, 0.1) is 24.3 Å². The Balaban J connectivity index is 2.27. The van der Waals surface area contributed by atoms with Crippen LogP contribution in [0.3, 0.4) is 0 Å². The van der Waals surface area contributed by atoms with Crippen LogP contribution in [-0.4, -0.2) is 46.8 Å². The van der Waals surface area contributed by atoms with E-state index in [-0.39, 0.29) is 18.1 Å². The number of aliphatic hydroxyl groups is 1. The van der Waals surface area contributed by atoms with E-state index in [1.807, 2.05) is 27.7 Å². The Morgan fingerprint density at radius 2 is 2.00 bits per heavy atom. The molecular weight excluding hydrogens is 206 g/mol. The number of nitrogens with zero attached hydrogens (tertiary/aromatic N) is 1. The predicted octanol–water partition coefficient (Wildman–Crippen LogP) is 1.17. The summed E-state index contributed by atoms with van der Waals surface area (Å²) in [6.45, 7) is 8.80. The van der Waals surface area contributed by atoms with Crippen molar-refractivity contribution in [2.24, 2.45) is 0 Å². The van der Waals surface area contributed by atoms with Crippen molar-refractivity contribution >= 4 is 5.91 Å². The van der Waals surface area contributed by atoms with Gasteiger partial charge in [-0.25, -0.2) is 0 Å². The number of amides is 1. The number of ether oxygens (including phenoxy) is 1. The molecule has 0 atom stereocenters. The van der Waals surface area contributed by atoms with Crippen molar-refractivity contribution in [3.8, 4) is 0 Å². The Bertz CT molecular complexity index is 251. The monoisotopic (exact) mass is 229 g/mol. The molecule has 0 aromatic heterocycles. The van der Waals surface area contributed by atoms with Crippen molar-refractivity contribution < 1.29 is 14.6 Å². The van der Waals surface area contributed by atoms with Gasteiger partial charge in [-0.15, -0.1) is 0 Å². The maximum atomic E-state index is 11.7. The van der Waals surface area contributed by atoms with Gasteiger partial charge in [0, 0.05) is 0 Å². The Morgan fingerprint density at radius 1 is 1.44 bits per heavy atom. The van der Waals surface area contributed by atoms with Crippen LogP contribution in [0.2, 0.25) is 0 Å². The molecule has 0 bridgehead atoms. The lowest BCUT2D eigenvalue weighted by Crippen LogP contribution is -2.64. The van der Waals surface area contributed by atoms with Crippen molar-refractivity contribution in [3.05, 3.63) is 0 Å². The second kappa shape index (κ2) is 4.72. The fourth-order valence-corrected chi connectivity index (χ4v) is 1.83. The molecule has 1 N–H and O–H groups in total. The normalized spacial score (nSPS) is 19.4. The van der Waals surface area contributed by atoms with Gasteiger partial charge in [0.15, 0.2) is 0 Å². The smallest absolute Gasteiger partial charge is 0.248 e. The predicted molar refractivity (Wildman–Crippen MR) is 62.1 cm³/mol. The first kappa shape index (κ1) is 13.5. The zero-order valence-corrected chi connectivity index (χ0v) is 10.7. The molecule has 0 spiro atoms. The lowest BCUT2D eigenvalue weighted by molar-refractivity contribution is -0.164. The van der Waals surface area contributed by atoms with Gasteiger partial charge in [0.25, 0.3) is 0 Å². The van der Waals surface area contributed by atoms with Crippen LogP contribution < -0.4 is 0 Å². The number of rotatable bonds is 4. The van der Waals surface area contributed by atoms with Gasteiger partial charge in [0.2, 0.25) is 5.91 Å². The molecule has 1 aliphatic rings.